The first-order chi connectivity index (χ1) is 7.15. The first-order valence-electron chi connectivity index (χ1n) is 6.58. The Labute approximate surface area is 94.6 Å². The highest BCUT2D eigenvalue weighted by Crippen LogP contribution is 2.44. The van der Waals surface area contributed by atoms with Crippen LogP contribution in [0.4, 0.5) is 0 Å². The molecule has 2 heteroatoms. The van der Waals surface area contributed by atoms with Crippen LogP contribution < -0.4 is 0 Å². The highest BCUT2D eigenvalue weighted by molar-refractivity contribution is 6.75. The fourth-order valence-electron chi connectivity index (χ4n) is 3.89. The molecule has 84 valence electrons. The summed E-state index contributed by atoms with van der Waals surface area (Å²) in [6, 6.07) is 1.53. The summed E-state index contributed by atoms with van der Waals surface area (Å²) in [6.07, 6.45) is 9.40. The average molecular weight is 221 g/mol. The summed E-state index contributed by atoms with van der Waals surface area (Å²) in [5, 5.41) is 0. The molecule has 1 heterocycles. The van der Waals surface area contributed by atoms with Crippen LogP contribution in [0.15, 0.2) is 12.2 Å². The Morgan fingerprint density at radius 2 is 2.13 bits per heavy atom. The molecule has 0 aromatic carbocycles. The minimum absolute atomic E-state index is 0.945. The van der Waals surface area contributed by atoms with Crippen molar-refractivity contribution in [2.45, 2.75) is 38.4 Å². The molecule has 0 radical (unpaired) electrons. The lowest BCUT2D eigenvalue weighted by Gasteiger charge is -2.33. The molecule has 3 atom stereocenters. The lowest BCUT2D eigenvalue weighted by atomic mass is 9.93. The second kappa shape index (κ2) is 3.46. The maximum absolute atomic E-state index is 2.88. The van der Waals surface area contributed by atoms with Gasteiger partial charge in [-0.2, -0.15) is 0 Å². The molecule has 2 bridgehead atoms. The van der Waals surface area contributed by atoms with Crippen molar-refractivity contribution < 1.29 is 0 Å². The van der Waals surface area contributed by atoms with E-state index in [0.717, 1.165) is 17.8 Å². The van der Waals surface area contributed by atoms with Gasteiger partial charge in [-0.3, -0.25) is 0 Å². The largest absolute Gasteiger partial charge is 0.323 e. The van der Waals surface area contributed by atoms with Crippen LogP contribution in [0.25, 0.3) is 0 Å². The predicted octanol–water partition coefficient (Wildman–Crippen LogP) is 3.11. The van der Waals surface area contributed by atoms with Gasteiger partial charge in [0.25, 0.3) is 0 Å². The van der Waals surface area contributed by atoms with E-state index < -0.39 is 8.24 Å². The first kappa shape index (κ1) is 10.1. The second-order valence-corrected chi connectivity index (χ2v) is 11.2. The summed E-state index contributed by atoms with van der Waals surface area (Å²) in [7, 11) is -0.955. The average Bonchev–Trinajstić information content (AvgIpc) is 2.83. The summed E-state index contributed by atoms with van der Waals surface area (Å²) < 4.78 is 2.88. The molecule has 1 nitrogen and oxygen atoms in total. The van der Waals surface area contributed by atoms with Gasteiger partial charge in [0.05, 0.1) is 0 Å². The van der Waals surface area contributed by atoms with Gasteiger partial charge >= 0.3 is 0 Å². The van der Waals surface area contributed by atoms with E-state index in [2.05, 4.69) is 29.8 Å². The zero-order valence-corrected chi connectivity index (χ0v) is 11.1. The van der Waals surface area contributed by atoms with Crippen molar-refractivity contribution in [3.8, 4) is 0 Å². The number of nitrogens with zero attached hydrogens (tertiary/aromatic N) is 1. The smallest absolute Gasteiger partial charge is 0.122 e. The third-order valence-electron chi connectivity index (χ3n) is 4.94. The zero-order valence-electron chi connectivity index (χ0n) is 10.1. The van der Waals surface area contributed by atoms with E-state index in [9.17, 15) is 0 Å². The van der Waals surface area contributed by atoms with Crippen molar-refractivity contribution in [2.75, 3.05) is 13.1 Å². The number of allylic oxidation sites excluding steroid dienone is 2. The van der Waals surface area contributed by atoms with Crippen LogP contribution in [0.3, 0.4) is 0 Å². The summed E-state index contributed by atoms with van der Waals surface area (Å²) >= 11 is 0. The molecule has 1 aliphatic heterocycles. The van der Waals surface area contributed by atoms with Crippen LogP contribution in [0.1, 0.15) is 19.3 Å². The SMILES string of the molecule is C[Si]1(C)CCCN1C[C@H]1CC2C=CC1C2. The summed E-state index contributed by atoms with van der Waals surface area (Å²) in [5.74, 6) is 2.90. The molecule has 1 saturated carbocycles. The van der Waals surface area contributed by atoms with Crippen molar-refractivity contribution in [1.29, 1.82) is 0 Å². The molecule has 2 unspecified atom stereocenters. The molecule has 0 spiro atoms. The van der Waals surface area contributed by atoms with E-state index >= 15 is 0 Å². The Morgan fingerprint density at radius 3 is 2.67 bits per heavy atom. The standard InChI is InChI=1S/C13H23NSi/c1-15(2)7-3-6-14(15)10-13-9-11-4-5-12(13)8-11/h4-5,11-13H,3,6-10H2,1-2H3/t11?,12?,13-/m1/s1. The highest BCUT2D eigenvalue weighted by atomic mass is 28.3. The van der Waals surface area contributed by atoms with Crippen LogP contribution >= 0.6 is 0 Å². The zero-order chi connectivity index (χ0) is 10.5. The minimum Gasteiger partial charge on any atom is -0.323 e. The molecule has 3 aliphatic rings. The van der Waals surface area contributed by atoms with Crippen LogP contribution in [-0.2, 0) is 0 Å². The molecular formula is C13H23NSi. The maximum Gasteiger partial charge on any atom is 0.122 e. The molecular weight excluding hydrogens is 198 g/mol. The van der Waals surface area contributed by atoms with Gasteiger partial charge in [0, 0.05) is 0 Å². The molecule has 0 N–H and O–H groups in total. The number of hydrogen-bond acceptors (Lipinski definition) is 1. The molecule has 15 heavy (non-hydrogen) atoms. The van der Waals surface area contributed by atoms with E-state index in [4.69, 9.17) is 0 Å². The van der Waals surface area contributed by atoms with Crippen molar-refractivity contribution in [1.82, 2.24) is 4.57 Å². The Balaban J connectivity index is 1.64. The van der Waals surface area contributed by atoms with Crippen molar-refractivity contribution in [3.05, 3.63) is 12.2 Å². The summed E-state index contributed by atoms with van der Waals surface area (Å²) in [4.78, 5) is 0. The minimum atomic E-state index is -0.955. The quantitative estimate of drug-likeness (QED) is 0.511. The monoisotopic (exact) mass is 221 g/mol. The number of rotatable bonds is 2. The fraction of sp³-hybridized carbons (Fsp3) is 0.846. The predicted molar refractivity (Wildman–Crippen MR) is 67.3 cm³/mol. The molecule has 0 aromatic rings. The van der Waals surface area contributed by atoms with Gasteiger partial charge in [-0.05, 0) is 56.1 Å². The normalized spacial score (nSPS) is 42.9. The van der Waals surface area contributed by atoms with Gasteiger partial charge in [-0.25, -0.2) is 0 Å². The molecule has 2 aliphatic carbocycles. The van der Waals surface area contributed by atoms with Crippen LogP contribution in [0.5, 0.6) is 0 Å². The van der Waals surface area contributed by atoms with E-state index in [1.165, 1.54) is 38.4 Å². The lowest BCUT2D eigenvalue weighted by molar-refractivity contribution is 0.324. The van der Waals surface area contributed by atoms with Gasteiger partial charge < -0.3 is 4.57 Å². The number of hydrogen-bond donors (Lipinski definition) is 0. The van der Waals surface area contributed by atoms with Gasteiger partial charge in [-0.15, -0.1) is 0 Å². The first-order valence-corrected chi connectivity index (χ1v) is 9.74. The van der Waals surface area contributed by atoms with Crippen molar-refractivity contribution in [3.63, 3.8) is 0 Å². The van der Waals surface area contributed by atoms with Crippen LogP contribution in [0, 0.1) is 17.8 Å². The third-order valence-corrected chi connectivity index (χ3v) is 8.64. The summed E-state index contributed by atoms with van der Waals surface area (Å²) in [5.41, 5.74) is 0. The van der Waals surface area contributed by atoms with Crippen LogP contribution in [0.2, 0.25) is 19.1 Å². The maximum atomic E-state index is 2.88. The topological polar surface area (TPSA) is 3.24 Å². The third kappa shape index (κ3) is 1.72. The Hall–Kier alpha value is -0.0831. The van der Waals surface area contributed by atoms with Gasteiger partial charge in [0.15, 0.2) is 0 Å². The number of fused-ring (bicyclic) bond motifs is 2. The Bertz CT molecular complexity index is 284. The van der Waals surface area contributed by atoms with Gasteiger partial charge in [0.1, 0.15) is 8.24 Å². The van der Waals surface area contributed by atoms with Gasteiger partial charge in [-0.1, -0.05) is 25.2 Å². The van der Waals surface area contributed by atoms with E-state index in [-0.39, 0.29) is 0 Å². The van der Waals surface area contributed by atoms with E-state index in [1.54, 1.807) is 0 Å². The fourth-order valence-corrected chi connectivity index (χ4v) is 6.72. The lowest BCUT2D eigenvalue weighted by Crippen LogP contribution is -2.46. The van der Waals surface area contributed by atoms with Crippen LogP contribution in [-0.4, -0.2) is 25.9 Å². The molecule has 2 fully saturated rings. The van der Waals surface area contributed by atoms with E-state index in [0.29, 0.717) is 0 Å². The van der Waals surface area contributed by atoms with Gasteiger partial charge in [0.2, 0.25) is 0 Å². The molecule has 1 saturated heterocycles. The molecule has 0 amide bonds. The van der Waals surface area contributed by atoms with E-state index in [1.807, 2.05) is 0 Å². The highest BCUT2D eigenvalue weighted by Gasteiger charge is 2.40. The molecule has 3 rings (SSSR count). The Kier molecular flexibility index (Phi) is 2.33. The summed E-state index contributed by atoms with van der Waals surface area (Å²) in [6.45, 7) is 7.94. The van der Waals surface area contributed by atoms with Crippen molar-refractivity contribution >= 4 is 8.24 Å². The second-order valence-electron chi connectivity index (χ2n) is 6.40. The van der Waals surface area contributed by atoms with Crippen molar-refractivity contribution in [2.24, 2.45) is 17.8 Å². The molecule has 0 aromatic heterocycles. The Morgan fingerprint density at radius 1 is 1.27 bits per heavy atom.